The van der Waals surface area contributed by atoms with E-state index < -0.39 is 5.97 Å². The zero-order valence-electron chi connectivity index (χ0n) is 10.4. The molecule has 1 aliphatic heterocycles. The molecular weight excluding hydrogens is 232 g/mol. The Morgan fingerprint density at radius 2 is 2.11 bits per heavy atom. The lowest BCUT2D eigenvalue weighted by Gasteiger charge is -2.36. The standard InChI is InChI=1S/C13H16N2O3/c1-8(2)12-13(18)15(7-11(16)17)10-6-4-3-5-9(10)14-12/h3-6,8,12,14H,7H2,1-2H3,(H,16,17). The first-order chi connectivity index (χ1) is 8.50. The van der Waals surface area contributed by atoms with E-state index in [1.807, 2.05) is 26.0 Å². The number of hydrogen-bond acceptors (Lipinski definition) is 3. The fourth-order valence-electron chi connectivity index (χ4n) is 2.10. The van der Waals surface area contributed by atoms with Crippen molar-refractivity contribution in [2.75, 3.05) is 16.8 Å². The molecule has 1 amide bonds. The van der Waals surface area contributed by atoms with Crippen molar-refractivity contribution in [3.05, 3.63) is 24.3 Å². The van der Waals surface area contributed by atoms with Crippen LogP contribution in [0.1, 0.15) is 13.8 Å². The van der Waals surface area contributed by atoms with Gasteiger partial charge in [0, 0.05) is 0 Å². The number of rotatable bonds is 3. The second-order valence-corrected chi connectivity index (χ2v) is 4.70. The molecule has 1 aliphatic rings. The van der Waals surface area contributed by atoms with Gasteiger partial charge >= 0.3 is 5.97 Å². The Kier molecular flexibility index (Phi) is 3.23. The molecule has 2 N–H and O–H groups in total. The monoisotopic (exact) mass is 248 g/mol. The molecular formula is C13H16N2O3. The molecule has 0 fully saturated rings. The molecule has 1 aromatic carbocycles. The molecule has 0 spiro atoms. The van der Waals surface area contributed by atoms with Gasteiger partial charge in [0.25, 0.3) is 0 Å². The number of anilines is 2. The SMILES string of the molecule is CC(C)C1Nc2ccccc2N(CC(=O)O)C1=O. The van der Waals surface area contributed by atoms with Gasteiger partial charge in [-0.3, -0.25) is 14.5 Å². The molecule has 96 valence electrons. The van der Waals surface area contributed by atoms with E-state index in [0.717, 1.165) is 5.69 Å². The highest BCUT2D eigenvalue weighted by Gasteiger charge is 2.34. The van der Waals surface area contributed by atoms with Gasteiger partial charge in [-0.25, -0.2) is 0 Å². The highest BCUT2D eigenvalue weighted by molar-refractivity contribution is 6.07. The predicted octanol–water partition coefficient (Wildman–Crippen LogP) is 1.55. The van der Waals surface area contributed by atoms with E-state index in [0.29, 0.717) is 5.69 Å². The summed E-state index contributed by atoms with van der Waals surface area (Å²) < 4.78 is 0. The van der Waals surface area contributed by atoms with Gasteiger partial charge in [-0.05, 0) is 18.1 Å². The van der Waals surface area contributed by atoms with Crippen LogP contribution >= 0.6 is 0 Å². The van der Waals surface area contributed by atoms with Gasteiger partial charge in [0.15, 0.2) is 0 Å². The first-order valence-electron chi connectivity index (χ1n) is 5.89. The van der Waals surface area contributed by atoms with Crippen LogP contribution in [0.15, 0.2) is 24.3 Å². The second kappa shape index (κ2) is 4.68. The van der Waals surface area contributed by atoms with Gasteiger partial charge in [0.2, 0.25) is 5.91 Å². The Morgan fingerprint density at radius 3 is 2.72 bits per heavy atom. The average Bonchev–Trinajstić information content (AvgIpc) is 2.31. The third-order valence-electron chi connectivity index (χ3n) is 3.00. The molecule has 5 heteroatoms. The molecule has 1 heterocycles. The van der Waals surface area contributed by atoms with Crippen molar-refractivity contribution < 1.29 is 14.7 Å². The quantitative estimate of drug-likeness (QED) is 0.851. The van der Waals surface area contributed by atoms with Crippen LogP contribution in [-0.4, -0.2) is 29.6 Å². The van der Waals surface area contributed by atoms with Gasteiger partial charge in [-0.2, -0.15) is 0 Å². The van der Waals surface area contributed by atoms with Crippen LogP contribution in [0.3, 0.4) is 0 Å². The first-order valence-corrected chi connectivity index (χ1v) is 5.89. The van der Waals surface area contributed by atoms with Gasteiger partial charge < -0.3 is 10.4 Å². The van der Waals surface area contributed by atoms with Gasteiger partial charge in [-0.1, -0.05) is 26.0 Å². The van der Waals surface area contributed by atoms with E-state index in [2.05, 4.69) is 5.32 Å². The number of carbonyl (C=O) groups is 2. The Balaban J connectivity index is 2.42. The lowest BCUT2D eigenvalue weighted by atomic mass is 9.99. The number of aliphatic carboxylic acids is 1. The van der Waals surface area contributed by atoms with E-state index in [1.165, 1.54) is 4.90 Å². The van der Waals surface area contributed by atoms with Gasteiger partial charge in [0.05, 0.1) is 11.4 Å². The minimum absolute atomic E-state index is 0.0992. The van der Waals surface area contributed by atoms with Gasteiger partial charge in [0.1, 0.15) is 12.6 Å². The van der Waals surface area contributed by atoms with Crippen LogP contribution in [0, 0.1) is 5.92 Å². The van der Waals surface area contributed by atoms with E-state index in [9.17, 15) is 9.59 Å². The number of amides is 1. The maximum absolute atomic E-state index is 12.3. The number of nitrogens with zero attached hydrogens (tertiary/aromatic N) is 1. The van der Waals surface area contributed by atoms with E-state index in [1.54, 1.807) is 12.1 Å². The molecule has 0 bridgehead atoms. The molecule has 1 unspecified atom stereocenters. The molecule has 18 heavy (non-hydrogen) atoms. The van der Waals surface area contributed by atoms with Crippen LogP contribution in [0.2, 0.25) is 0 Å². The summed E-state index contributed by atoms with van der Waals surface area (Å²) >= 11 is 0. The summed E-state index contributed by atoms with van der Waals surface area (Å²) in [7, 11) is 0. The number of carboxylic acids is 1. The van der Waals surface area contributed by atoms with Crippen LogP contribution in [0.4, 0.5) is 11.4 Å². The largest absolute Gasteiger partial charge is 0.480 e. The molecule has 0 aromatic heterocycles. The van der Waals surface area contributed by atoms with E-state index in [-0.39, 0.29) is 24.4 Å². The fraction of sp³-hybridized carbons (Fsp3) is 0.385. The number of para-hydroxylation sites is 2. The fourth-order valence-corrected chi connectivity index (χ4v) is 2.10. The highest BCUT2D eigenvalue weighted by atomic mass is 16.4. The Bertz CT molecular complexity index is 485. The van der Waals surface area contributed by atoms with E-state index >= 15 is 0 Å². The molecule has 2 rings (SSSR count). The number of hydrogen-bond donors (Lipinski definition) is 2. The normalized spacial score (nSPS) is 18.5. The summed E-state index contributed by atoms with van der Waals surface area (Å²) in [5, 5.41) is 12.1. The van der Waals surface area contributed by atoms with Crippen molar-refractivity contribution in [2.45, 2.75) is 19.9 Å². The highest BCUT2D eigenvalue weighted by Crippen LogP contribution is 2.32. The number of fused-ring (bicyclic) bond motifs is 1. The number of nitrogens with one attached hydrogen (secondary N) is 1. The lowest BCUT2D eigenvalue weighted by molar-refractivity contribution is -0.136. The smallest absolute Gasteiger partial charge is 0.323 e. The van der Waals surface area contributed by atoms with Gasteiger partial charge in [-0.15, -0.1) is 0 Å². The summed E-state index contributed by atoms with van der Waals surface area (Å²) in [6.45, 7) is 3.56. The zero-order chi connectivity index (χ0) is 13.3. The van der Waals surface area contributed by atoms with Crippen LogP contribution in [0.5, 0.6) is 0 Å². The van der Waals surface area contributed by atoms with E-state index in [4.69, 9.17) is 5.11 Å². The van der Waals surface area contributed by atoms with Crippen molar-refractivity contribution in [1.29, 1.82) is 0 Å². The maximum atomic E-state index is 12.3. The summed E-state index contributed by atoms with van der Waals surface area (Å²) in [5.74, 6) is -1.10. The third-order valence-corrected chi connectivity index (χ3v) is 3.00. The molecule has 0 saturated heterocycles. The number of carboxylic acid groups (broad SMARTS) is 1. The third kappa shape index (κ3) is 2.16. The number of benzene rings is 1. The van der Waals surface area contributed by atoms with Crippen molar-refractivity contribution in [2.24, 2.45) is 5.92 Å². The molecule has 5 nitrogen and oxygen atoms in total. The second-order valence-electron chi connectivity index (χ2n) is 4.70. The minimum atomic E-state index is -1.01. The van der Waals surface area contributed by atoms with Crippen LogP contribution < -0.4 is 10.2 Å². The van der Waals surface area contributed by atoms with Crippen LogP contribution in [-0.2, 0) is 9.59 Å². The maximum Gasteiger partial charge on any atom is 0.323 e. The van der Waals surface area contributed by atoms with Crippen molar-refractivity contribution >= 4 is 23.3 Å². The minimum Gasteiger partial charge on any atom is -0.480 e. The average molecular weight is 248 g/mol. The lowest BCUT2D eigenvalue weighted by Crippen LogP contribution is -2.51. The molecule has 1 atom stereocenters. The summed E-state index contributed by atoms with van der Waals surface area (Å²) in [5.41, 5.74) is 1.43. The Hall–Kier alpha value is -2.04. The Labute approximate surface area is 105 Å². The van der Waals surface area contributed by atoms with Crippen molar-refractivity contribution in [3.63, 3.8) is 0 Å². The predicted molar refractivity (Wildman–Crippen MR) is 68.7 cm³/mol. The molecule has 1 aromatic rings. The molecule has 0 radical (unpaired) electrons. The number of carbonyl (C=O) groups excluding carboxylic acids is 1. The Morgan fingerprint density at radius 1 is 1.44 bits per heavy atom. The van der Waals surface area contributed by atoms with Crippen LogP contribution in [0.25, 0.3) is 0 Å². The first kappa shape index (κ1) is 12.4. The molecule has 0 aliphatic carbocycles. The summed E-state index contributed by atoms with van der Waals surface area (Å²) in [6.07, 6.45) is 0. The van der Waals surface area contributed by atoms with Crippen molar-refractivity contribution in [3.8, 4) is 0 Å². The topological polar surface area (TPSA) is 69.6 Å². The van der Waals surface area contributed by atoms with Crippen molar-refractivity contribution in [1.82, 2.24) is 0 Å². The summed E-state index contributed by atoms with van der Waals surface area (Å²) in [4.78, 5) is 24.5. The molecule has 0 saturated carbocycles. The summed E-state index contributed by atoms with van der Waals surface area (Å²) in [6, 6.07) is 6.88. The zero-order valence-corrected chi connectivity index (χ0v) is 10.4.